The Labute approximate surface area is 103 Å². The molecule has 0 heterocycles. The highest BCUT2D eigenvalue weighted by Gasteiger charge is 2.23. The quantitative estimate of drug-likeness (QED) is 0.671. The van der Waals surface area contributed by atoms with Crippen LogP contribution < -0.4 is 5.73 Å². The first kappa shape index (κ1) is 15.9. The molecule has 0 aliphatic rings. The van der Waals surface area contributed by atoms with Gasteiger partial charge in [-0.25, -0.2) is 0 Å². The summed E-state index contributed by atoms with van der Waals surface area (Å²) >= 11 is 0. The van der Waals surface area contributed by atoms with Crippen LogP contribution >= 0.6 is 0 Å². The van der Waals surface area contributed by atoms with Gasteiger partial charge in [0.1, 0.15) is 6.54 Å². The third-order valence-electron chi connectivity index (χ3n) is 2.40. The van der Waals surface area contributed by atoms with Gasteiger partial charge in [0.15, 0.2) is 0 Å². The fourth-order valence-corrected chi connectivity index (χ4v) is 1.60. The summed E-state index contributed by atoms with van der Waals surface area (Å²) in [6.07, 6.45) is 1.41. The number of ether oxygens (including phenoxy) is 1. The standard InChI is InChI=1S/C12H24N2O3/c1-5-6-14(8-11(15)17-4)12(16)10(13)7-9(2)3/h9-10H,5-8,13H2,1-4H3. The van der Waals surface area contributed by atoms with Crippen molar-refractivity contribution in [1.29, 1.82) is 0 Å². The Morgan fingerprint density at radius 2 is 1.94 bits per heavy atom. The largest absolute Gasteiger partial charge is 0.468 e. The highest BCUT2D eigenvalue weighted by atomic mass is 16.5. The van der Waals surface area contributed by atoms with Gasteiger partial charge in [0, 0.05) is 6.54 Å². The lowest BCUT2D eigenvalue weighted by atomic mass is 10.0. The van der Waals surface area contributed by atoms with Gasteiger partial charge >= 0.3 is 5.97 Å². The van der Waals surface area contributed by atoms with Crippen LogP contribution in [-0.2, 0) is 14.3 Å². The van der Waals surface area contributed by atoms with Gasteiger partial charge in [-0.3, -0.25) is 9.59 Å². The van der Waals surface area contributed by atoms with Crippen LogP contribution in [0, 0.1) is 5.92 Å². The molecule has 0 aromatic heterocycles. The van der Waals surface area contributed by atoms with Gasteiger partial charge in [-0.05, 0) is 18.8 Å². The van der Waals surface area contributed by atoms with Crippen LogP contribution in [0.2, 0.25) is 0 Å². The van der Waals surface area contributed by atoms with Crippen molar-refractivity contribution >= 4 is 11.9 Å². The Bertz CT molecular complexity index is 254. The Balaban J connectivity index is 4.46. The van der Waals surface area contributed by atoms with Crippen molar-refractivity contribution in [3.8, 4) is 0 Å². The lowest BCUT2D eigenvalue weighted by molar-refractivity contribution is -0.147. The van der Waals surface area contributed by atoms with E-state index in [-0.39, 0.29) is 12.5 Å². The first-order chi connectivity index (χ1) is 7.92. The number of hydrogen-bond acceptors (Lipinski definition) is 4. The molecule has 0 aromatic rings. The molecule has 0 saturated carbocycles. The van der Waals surface area contributed by atoms with Crippen LogP contribution in [0.15, 0.2) is 0 Å². The summed E-state index contributed by atoms with van der Waals surface area (Å²) in [7, 11) is 1.31. The molecule has 0 aliphatic heterocycles. The van der Waals surface area contributed by atoms with Gasteiger partial charge in [0.25, 0.3) is 0 Å². The zero-order chi connectivity index (χ0) is 13.4. The van der Waals surface area contributed by atoms with E-state index in [1.807, 2.05) is 20.8 Å². The van der Waals surface area contributed by atoms with Crippen LogP contribution in [0.5, 0.6) is 0 Å². The van der Waals surface area contributed by atoms with Crippen molar-refractivity contribution in [3.05, 3.63) is 0 Å². The minimum absolute atomic E-state index is 0.0189. The zero-order valence-electron chi connectivity index (χ0n) is 11.2. The minimum Gasteiger partial charge on any atom is -0.468 e. The van der Waals surface area contributed by atoms with E-state index in [1.54, 1.807) is 0 Å². The summed E-state index contributed by atoms with van der Waals surface area (Å²) in [4.78, 5) is 24.7. The van der Waals surface area contributed by atoms with Gasteiger partial charge in [-0.15, -0.1) is 0 Å². The predicted molar refractivity (Wildman–Crippen MR) is 66.3 cm³/mol. The van der Waals surface area contributed by atoms with E-state index in [2.05, 4.69) is 4.74 Å². The Morgan fingerprint density at radius 1 is 1.35 bits per heavy atom. The molecule has 0 aliphatic carbocycles. The summed E-state index contributed by atoms with van der Waals surface area (Å²) in [5.41, 5.74) is 5.82. The average Bonchev–Trinajstić information content (AvgIpc) is 2.26. The zero-order valence-corrected chi connectivity index (χ0v) is 11.2. The second-order valence-electron chi connectivity index (χ2n) is 4.57. The number of hydrogen-bond donors (Lipinski definition) is 1. The van der Waals surface area contributed by atoms with E-state index in [1.165, 1.54) is 12.0 Å². The van der Waals surface area contributed by atoms with E-state index >= 15 is 0 Å². The number of nitrogens with two attached hydrogens (primary N) is 1. The highest BCUT2D eigenvalue weighted by molar-refractivity contribution is 5.85. The van der Waals surface area contributed by atoms with Gasteiger partial charge in [-0.1, -0.05) is 20.8 Å². The summed E-state index contributed by atoms with van der Waals surface area (Å²) in [6, 6.07) is -0.536. The Kier molecular flexibility index (Phi) is 7.54. The monoisotopic (exact) mass is 244 g/mol. The summed E-state index contributed by atoms with van der Waals surface area (Å²) in [5.74, 6) is -0.231. The SMILES string of the molecule is CCCN(CC(=O)OC)C(=O)C(N)CC(C)C. The van der Waals surface area contributed by atoms with Crippen LogP contribution in [0.4, 0.5) is 0 Å². The molecule has 5 nitrogen and oxygen atoms in total. The third kappa shape index (κ3) is 6.26. The van der Waals surface area contributed by atoms with Crippen molar-refractivity contribution in [1.82, 2.24) is 4.90 Å². The number of methoxy groups -OCH3 is 1. The number of rotatable bonds is 7. The van der Waals surface area contributed by atoms with Crippen LogP contribution in [0.1, 0.15) is 33.6 Å². The van der Waals surface area contributed by atoms with Crippen molar-refractivity contribution < 1.29 is 14.3 Å². The summed E-state index contributed by atoms with van der Waals surface area (Å²) in [6.45, 7) is 6.48. The molecule has 1 unspecified atom stereocenters. The van der Waals surface area contributed by atoms with Crippen molar-refractivity contribution in [2.45, 2.75) is 39.7 Å². The lowest BCUT2D eigenvalue weighted by Crippen LogP contribution is -2.46. The fourth-order valence-electron chi connectivity index (χ4n) is 1.60. The molecule has 0 rings (SSSR count). The van der Waals surface area contributed by atoms with Crippen LogP contribution in [0.3, 0.4) is 0 Å². The molecular formula is C12H24N2O3. The lowest BCUT2D eigenvalue weighted by Gasteiger charge is -2.24. The number of esters is 1. The predicted octanol–water partition coefficient (Wildman–Crippen LogP) is 0.771. The molecular weight excluding hydrogens is 220 g/mol. The minimum atomic E-state index is -0.536. The molecule has 0 spiro atoms. The van der Waals surface area contributed by atoms with Crippen molar-refractivity contribution in [2.24, 2.45) is 11.7 Å². The molecule has 1 atom stereocenters. The second-order valence-corrected chi connectivity index (χ2v) is 4.57. The van der Waals surface area contributed by atoms with E-state index < -0.39 is 12.0 Å². The molecule has 2 N–H and O–H groups in total. The van der Waals surface area contributed by atoms with Gasteiger partial charge in [0.2, 0.25) is 5.91 Å². The van der Waals surface area contributed by atoms with E-state index in [0.717, 1.165) is 6.42 Å². The van der Waals surface area contributed by atoms with E-state index in [4.69, 9.17) is 5.73 Å². The van der Waals surface area contributed by atoms with Crippen LogP contribution in [-0.4, -0.2) is 43.0 Å². The van der Waals surface area contributed by atoms with Crippen molar-refractivity contribution in [2.75, 3.05) is 20.2 Å². The normalized spacial score (nSPS) is 12.4. The summed E-state index contributed by atoms with van der Waals surface area (Å²) in [5, 5.41) is 0. The molecule has 0 radical (unpaired) electrons. The second kappa shape index (κ2) is 8.06. The molecule has 17 heavy (non-hydrogen) atoms. The van der Waals surface area contributed by atoms with E-state index in [0.29, 0.717) is 18.9 Å². The van der Waals surface area contributed by atoms with E-state index in [9.17, 15) is 9.59 Å². The molecule has 0 fully saturated rings. The van der Waals surface area contributed by atoms with Gasteiger partial charge in [-0.2, -0.15) is 0 Å². The smallest absolute Gasteiger partial charge is 0.325 e. The topological polar surface area (TPSA) is 72.6 Å². The molecule has 1 amide bonds. The number of carbonyl (C=O) groups is 2. The van der Waals surface area contributed by atoms with Crippen molar-refractivity contribution in [3.63, 3.8) is 0 Å². The Hall–Kier alpha value is -1.10. The molecule has 5 heteroatoms. The number of nitrogens with zero attached hydrogens (tertiary/aromatic N) is 1. The third-order valence-corrected chi connectivity index (χ3v) is 2.40. The average molecular weight is 244 g/mol. The molecule has 0 saturated heterocycles. The first-order valence-corrected chi connectivity index (χ1v) is 6.03. The molecule has 0 bridgehead atoms. The number of amides is 1. The maximum Gasteiger partial charge on any atom is 0.325 e. The summed E-state index contributed by atoms with van der Waals surface area (Å²) < 4.78 is 4.56. The molecule has 100 valence electrons. The highest BCUT2D eigenvalue weighted by Crippen LogP contribution is 2.06. The number of carbonyl (C=O) groups excluding carboxylic acids is 2. The Morgan fingerprint density at radius 3 is 2.35 bits per heavy atom. The van der Waals surface area contributed by atoms with Gasteiger partial charge in [0.05, 0.1) is 13.2 Å². The van der Waals surface area contributed by atoms with Gasteiger partial charge < -0.3 is 15.4 Å². The van der Waals surface area contributed by atoms with Crippen LogP contribution in [0.25, 0.3) is 0 Å². The first-order valence-electron chi connectivity index (χ1n) is 6.03. The maximum atomic E-state index is 12.0. The fraction of sp³-hybridized carbons (Fsp3) is 0.833. The molecule has 0 aromatic carbocycles. The maximum absolute atomic E-state index is 12.0.